The average molecular weight is 172 g/mol. The van der Waals surface area contributed by atoms with E-state index in [2.05, 4.69) is 13.0 Å². The third kappa shape index (κ3) is 1.21. The maximum absolute atomic E-state index is 11.6. The van der Waals surface area contributed by atoms with E-state index in [1.807, 2.05) is 25.2 Å². The van der Waals surface area contributed by atoms with E-state index in [9.17, 15) is 4.79 Å². The zero-order chi connectivity index (χ0) is 9.42. The minimum Gasteiger partial charge on any atom is -0.289 e. The first-order valence-corrected chi connectivity index (χ1v) is 4.52. The van der Waals surface area contributed by atoms with Crippen molar-refractivity contribution < 1.29 is 4.79 Å². The SMILES string of the molecule is CC1=C2C(=O)C=CC=C2C=CC1C. The summed E-state index contributed by atoms with van der Waals surface area (Å²) in [4.78, 5) is 11.6. The van der Waals surface area contributed by atoms with Gasteiger partial charge in [-0.1, -0.05) is 36.8 Å². The molecule has 0 aliphatic heterocycles. The van der Waals surface area contributed by atoms with Crippen molar-refractivity contribution in [3.05, 3.63) is 47.1 Å². The Hall–Kier alpha value is -1.37. The highest BCUT2D eigenvalue weighted by Crippen LogP contribution is 2.30. The van der Waals surface area contributed by atoms with Gasteiger partial charge in [0.15, 0.2) is 5.78 Å². The molecule has 13 heavy (non-hydrogen) atoms. The quantitative estimate of drug-likeness (QED) is 0.549. The molecule has 1 heteroatoms. The topological polar surface area (TPSA) is 17.1 Å². The molecule has 1 atom stereocenters. The Balaban J connectivity index is 2.57. The summed E-state index contributed by atoms with van der Waals surface area (Å²) >= 11 is 0. The lowest BCUT2D eigenvalue weighted by Gasteiger charge is -2.20. The zero-order valence-electron chi connectivity index (χ0n) is 7.87. The van der Waals surface area contributed by atoms with Crippen molar-refractivity contribution in [2.75, 3.05) is 0 Å². The molecule has 2 aliphatic rings. The van der Waals surface area contributed by atoms with Gasteiger partial charge in [0, 0.05) is 5.57 Å². The van der Waals surface area contributed by atoms with Gasteiger partial charge in [0.2, 0.25) is 0 Å². The molecule has 0 spiro atoms. The van der Waals surface area contributed by atoms with Crippen molar-refractivity contribution in [1.82, 2.24) is 0 Å². The van der Waals surface area contributed by atoms with Crippen LogP contribution in [-0.2, 0) is 4.79 Å². The molecule has 2 aliphatic carbocycles. The van der Waals surface area contributed by atoms with E-state index in [-0.39, 0.29) is 5.78 Å². The van der Waals surface area contributed by atoms with Crippen molar-refractivity contribution >= 4 is 5.78 Å². The zero-order valence-corrected chi connectivity index (χ0v) is 7.87. The molecule has 0 heterocycles. The number of ketones is 1. The largest absolute Gasteiger partial charge is 0.289 e. The summed E-state index contributed by atoms with van der Waals surface area (Å²) in [6.45, 7) is 4.15. The predicted octanol–water partition coefficient (Wildman–Crippen LogP) is 2.57. The van der Waals surface area contributed by atoms with E-state index in [1.165, 1.54) is 5.57 Å². The minimum atomic E-state index is 0.145. The molecule has 0 saturated heterocycles. The molecule has 0 saturated carbocycles. The van der Waals surface area contributed by atoms with Crippen molar-refractivity contribution in [1.29, 1.82) is 0 Å². The Bertz CT molecular complexity index is 378. The van der Waals surface area contributed by atoms with Gasteiger partial charge in [-0.15, -0.1) is 0 Å². The molecule has 0 aromatic rings. The van der Waals surface area contributed by atoms with E-state index in [4.69, 9.17) is 0 Å². The summed E-state index contributed by atoms with van der Waals surface area (Å²) < 4.78 is 0. The molecular formula is C12H12O. The Labute approximate surface area is 78.1 Å². The molecule has 1 nitrogen and oxygen atoms in total. The summed E-state index contributed by atoms with van der Waals surface area (Å²) in [5.74, 6) is 0.536. The lowest BCUT2D eigenvalue weighted by atomic mass is 9.83. The number of rotatable bonds is 0. The highest BCUT2D eigenvalue weighted by molar-refractivity contribution is 6.10. The molecule has 0 aromatic heterocycles. The molecule has 0 radical (unpaired) electrons. The van der Waals surface area contributed by atoms with E-state index >= 15 is 0 Å². The fourth-order valence-electron chi connectivity index (χ4n) is 1.73. The molecule has 0 N–H and O–H groups in total. The third-order valence-corrected chi connectivity index (χ3v) is 2.70. The van der Waals surface area contributed by atoms with Gasteiger partial charge in [-0.2, -0.15) is 0 Å². The molecule has 66 valence electrons. The van der Waals surface area contributed by atoms with E-state index in [0.717, 1.165) is 11.1 Å². The minimum absolute atomic E-state index is 0.145. The third-order valence-electron chi connectivity index (χ3n) is 2.70. The maximum Gasteiger partial charge on any atom is 0.186 e. The van der Waals surface area contributed by atoms with Crippen LogP contribution in [0.5, 0.6) is 0 Å². The monoisotopic (exact) mass is 172 g/mol. The summed E-state index contributed by atoms with van der Waals surface area (Å²) in [6.07, 6.45) is 9.61. The van der Waals surface area contributed by atoms with Crippen LogP contribution in [0.4, 0.5) is 0 Å². The van der Waals surface area contributed by atoms with Crippen LogP contribution in [0.15, 0.2) is 47.1 Å². The van der Waals surface area contributed by atoms with Crippen LogP contribution in [0.1, 0.15) is 13.8 Å². The number of carbonyl (C=O) groups is 1. The van der Waals surface area contributed by atoms with Gasteiger partial charge in [-0.05, 0) is 24.5 Å². The first-order chi connectivity index (χ1) is 6.20. The number of fused-ring (bicyclic) bond motifs is 1. The van der Waals surface area contributed by atoms with Gasteiger partial charge < -0.3 is 0 Å². The summed E-state index contributed by atoms with van der Waals surface area (Å²) in [6, 6.07) is 0. The second kappa shape index (κ2) is 2.84. The normalized spacial score (nSPS) is 26.2. The number of carbonyl (C=O) groups excluding carboxylic acids is 1. The average Bonchev–Trinajstić information content (AvgIpc) is 2.12. The van der Waals surface area contributed by atoms with Crippen LogP contribution in [-0.4, -0.2) is 5.78 Å². The molecule has 0 bridgehead atoms. The van der Waals surface area contributed by atoms with Gasteiger partial charge in [0.1, 0.15) is 0 Å². The van der Waals surface area contributed by atoms with Crippen molar-refractivity contribution in [2.24, 2.45) is 5.92 Å². The maximum atomic E-state index is 11.6. The van der Waals surface area contributed by atoms with Gasteiger partial charge in [-0.3, -0.25) is 4.79 Å². The number of hydrogen-bond donors (Lipinski definition) is 0. The van der Waals surface area contributed by atoms with Gasteiger partial charge in [0.25, 0.3) is 0 Å². The Kier molecular flexibility index (Phi) is 1.80. The van der Waals surface area contributed by atoms with E-state index < -0.39 is 0 Å². The first kappa shape index (κ1) is 8.24. The summed E-state index contributed by atoms with van der Waals surface area (Å²) in [5.41, 5.74) is 3.14. The fourth-order valence-corrected chi connectivity index (χ4v) is 1.73. The Morgan fingerprint density at radius 1 is 1.31 bits per heavy atom. The lowest BCUT2D eigenvalue weighted by molar-refractivity contribution is -0.111. The molecule has 0 amide bonds. The van der Waals surface area contributed by atoms with Crippen LogP contribution in [0.3, 0.4) is 0 Å². The fraction of sp³-hybridized carbons (Fsp3) is 0.250. The second-order valence-corrected chi connectivity index (χ2v) is 3.55. The van der Waals surface area contributed by atoms with Gasteiger partial charge in [-0.25, -0.2) is 0 Å². The van der Waals surface area contributed by atoms with Crippen LogP contribution in [0, 0.1) is 5.92 Å². The molecule has 1 unspecified atom stereocenters. The highest BCUT2D eigenvalue weighted by Gasteiger charge is 2.21. The second-order valence-electron chi connectivity index (χ2n) is 3.55. The van der Waals surface area contributed by atoms with E-state index in [0.29, 0.717) is 5.92 Å². The lowest BCUT2D eigenvalue weighted by Crippen LogP contribution is -2.13. The number of hydrogen-bond acceptors (Lipinski definition) is 1. The summed E-state index contributed by atoms with van der Waals surface area (Å²) in [7, 11) is 0. The first-order valence-electron chi connectivity index (χ1n) is 4.52. The Morgan fingerprint density at radius 2 is 2.08 bits per heavy atom. The van der Waals surface area contributed by atoms with Gasteiger partial charge >= 0.3 is 0 Å². The van der Waals surface area contributed by atoms with E-state index in [1.54, 1.807) is 6.08 Å². The van der Waals surface area contributed by atoms with Gasteiger partial charge in [0.05, 0.1) is 0 Å². The standard InChI is InChI=1S/C12H12O/c1-8-6-7-10-4-3-5-11(13)12(10)9(8)2/h3-8H,1-2H3. The van der Waals surface area contributed by atoms with Crippen LogP contribution in [0.2, 0.25) is 0 Å². The summed E-state index contributed by atoms with van der Waals surface area (Å²) in [5, 5.41) is 0. The smallest absolute Gasteiger partial charge is 0.186 e. The van der Waals surface area contributed by atoms with Crippen molar-refractivity contribution in [3.8, 4) is 0 Å². The van der Waals surface area contributed by atoms with Crippen LogP contribution >= 0.6 is 0 Å². The Morgan fingerprint density at radius 3 is 2.85 bits per heavy atom. The predicted molar refractivity (Wildman–Crippen MR) is 53.2 cm³/mol. The molecule has 0 aromatic carbocycles. The molecular weight excluding hydrogens is 160 g/mol. The highest BCUT2D eigenvalue weighted by atomic mass is 16.1. The van der Waals surface area contributed by atoms with Crippen molar-refractivity contribution in [2.45, 2.75) is 13.8 Å². The van der Waals surface area contributed by atoms with Crippen LogP contribution < -0.4 is 0 Å². The molecule has 0 fully saturated rings. The molecule has 2 rings (SSSR count). The van der Waals surface area contributed by atoms with Crippen molar-refractivity contribution in [3.63, 3.8) is 0 Å². The van der Waals surface area contributed by atoms with Crippen LogP contribution in [0.25, 0.3) is 0 Å². The number of allylic oxidation sites excluding steroid dienone is 8.